The third-order valence-corrected chi connectivity index (χ3v) is 5.15. The van der Waals surface area contributed by atoms with Crippen LogP contribution < -0.4 is 0 Å². The molecule has 0 aliphatic carbocycles. The van der Waals surface area contributed by atoms with Crippen LogP contribution in [-0.2, 0) is 28.9 Å². The monoisotopic (exact) mass is 407 g/mol. The first-order valence-electron chi connectivity index (χ1n) is 9.92. The maximum absolute atomic E-state index is 13.1. The quantitative estimate of drug-likeness (QED) is 0.609. The molecule has 30 heavy (non-hydrogen) atoms. The van der Waals surface area contributed by atoms with Crippen LogP contribution in [0.4, 0.5) is 4.39 Å². The number of rotatable bonds is 5. The van der Waals surface area contributed by atoms with E-state index in [9.17, 15) is 14.0 Å². The lowest BCUT2D eigenvalue weighted by Gasteiger charge is -2.28. The molecule has 1 aliphatic heterocycles. The van der Waals surface area contributed by atoms with Crippen LogP contribution in [0.5, 0.6) is 0 Å². The van der Waals surface area contributed by atoms with Crippen molar-refractivity contribution in [3.05, 3.63) is 82.9 Å². The van der Waals surface area contributed by atoms with E-state index in [4.69, 9.17) is 4.74 Å². The van der Waals surface area contributed by atoms with Gasteiger partial charge in [-0.15, -0.1) is 0 Å². The Morgan fingerprint density at radius 1 is 1.10 bits per heavy atom. The minimum Gasteiger partial charge on any atom is -0.461 e. The average molecular weight is 407 g/mol. The first-order chi connectivity index (χ1) is 14.6. The molecule has 1 aliphatic rings. The van der Waals surface area contributed by atoms with Crippen LogP contribution in [0, 0.1) is 5.82 Å². The van der Waals surface area contributed by atoms with Crippen molar-refractivity contribution in [3.8, 4) is 5.69 Å². The van der Waals surface area contributed by atoms with E-state index in [2.05, 4.69) is 5.10 Å². The molecule has 0 fully saturated rings. The van der Waals surface area contributed by atoms with E-state index in [1.165, 1.54) is 12.1 Å². The summed E-state index contributed by atoms with van der Waals surface area (Å²) in [6.07, 6.45) is 0.753. The lowest BCUT2D eigenvalue weighted by atomic mass is 10.0. The van der Waals surface area contributed by atoms with Crippen molar-refractivity contribution in [2.24, 2.45) is 0 Å². The number of amides is 1. The Bertz CT molecular complexity index is 1060. The number of aromatic nitrogens is 2. The Balaban J connectivity index is 1.62. The van der Waals surface area contributed by atoms with Gasteiger partial charge in [0.05, 0.1) is 24.4 Å². The molecule has 2 aromatic carbocycles. The molecule has 0 spiro atoms. The lowest BCUT2D eigenvalue weighted by Crippen LogP contribution is -2.37. The Labute approximate surface area is 173 Å². The van der Waals surface area contributed by atoms with E-state index in [1.807, 2.05) is 30.3 Å². The van der Waals surface area contributed by atoms with Gasteiger partial charge in [-0.05, 0) is 36.8 Å². The summed E-state index contributed by atoms with van der Waals surface area (Å²) >= 11 is 0. The van der Waals surface area contributed by atoms with Crippen LogP contribution >= 0.6 is 0 Å². The molecule has 7 heteroatoms. The molecule has 0 unspecified atom stereocenters. The van der Waals surface area contributed by atoms with Gasteiger partial charge < -0.3 is 9.64 Å². The van der Waals surface area contributed by atoms with Crippen LogP contribution in [-0.4, -0.2) is 39.7 Å². The van der Waals surface area contributed by atoms with Gasteiger partial charge in [0.25, 0.3) is 0 Å². The molecule has 1 aromatic heterocycles. The molecule has 0 radical (unpaired) electrons. The normalized spacial score (nSPS) is 13.1. The van der Waals surface area contributed by atoms with Gasteiger partial charge in [-0.25, -0.2) is 13.9 Å². The van der Waals surface area contributed by atoms with Crippen molar-refractivity contribution in [2.75, 3.05) is 13.2 Å². The second-order valence-electron chi connectivity index (χ2n) is 7.11. The van der Waals surface area contributed by atoms with E-state index >= 15 is 0 Å². The molecule has 0 saturated carbocycles. The smallest absolute Gasteiger partial charge is 0.359 e. The summed E-state index contributed by atoms with van der Waals surface area (Å²) in [7, 11) is 0. The zero-order chi connectivity index (χ0) is 21.1. The van der Waals surface area contributed by atoms with Gasteiger partial charge in [-0.1, -0.05) is 30.3 Å². The second kappa shape index (κ2) is 8.49. The fourth-order valence-electron chi connectivity index (χ4n) is 3.67. The summed E-state index contributed by atoms with van der Waals surface area (Å²) in [4.78, 5) is 27.1. The van der Waals surface area contributed by atoms with E-state index in [-0.39, 0.29) is 37.0 Å². The van der Waals surface area contributed by atoms with Gasteiger partial charge in [0, 0.05) is 25.1 Å². The molecule has 0 saturated heterocycles. The Morgan fingerprint density at radius 2 is 1.83 bits per heavy atom. The molecule has 0 atom stereocenters. The minimum absolute atomic E-state index is 0.0745. The number of carbonyl (C=O) groups excluding carboxylic acids is 2. The zero-order valence-electron chi connectivity index (χ0n) is 16.7. The molecule has 4 rings (SSSR count). The molecule has 1 amide bonds. The number of fused-ring (bicyclic) bond motifs is 1. The number of halogens is 1. The SMILES string of the molecule is CCOC(=O)c1nn(-c2ccccc2)c2c1CN(C(=O)Cc1ccc(F)cc1)CC2. The standard InChI is InChI=1S/C23H22FN3O3/c1-2-30-23(29)22-19-15-26(21(28)14-16-8-10-17(24)11-9-16)13-12-20(19)27(25-22)18-6-4-3-5-7-18/h3-11H,2,12-15H2,1H3. The van der Waals surface area contributed by atoms with Crippen LogP contribution in [0.25, 0.3) is 5.69 Å². The Hall–Kier alpha value is -3.48. The number of benzene rings is 2. The summed E-state index contributed by atoms with van der Waals surface area (Å²) < 4.78 is 20.1. The van der Waals surface area contributed by atoms with Crippen LogP contribution in [0.15, 0.2) is 54.6 Å². The first kappa shape index (κ1) is 19.8. The van der Waals surface area contributed by atoms with Crippen molar-refractivity contribution < 1.29 is 18.7 Å². The molecule has 6 nitrogen and oxygen atoms in total. The first-order valence-corrected chi connectivity index (χ1v) is 9.92. The molecule has 0 N–H and O–H groups in total. The van der Waals surface area contributed by atoms with Gasteiger partial charge in [0.1, 0.15) is 5.82 Å². The van der Waals surface area contributed by atoms with E-state index in [1.54, 1.807) is 28.6 Å². The molecule has 154 valence electrons. The van der Waals surface area contributed by atoms with Gasteiger partial charge in [0.15, 0.2) is 5.69 Å². The third kappa shape index (κ3) is 3.96. The number of esters is 1. The van der Waals surface area contributed by atoms with Crippen molar-refractivity contribution in [1.29, 1.82) is 0 Å². The predicted molar refractivity (Wildman–Crippen MR) is 109 cm³/mol. The molecule has 2 heterocycles. The number of hydrogen-bond donors (Lipinski definition) is 0. The number of hydrogen-bond acceptors (Lipinski definition) is 4. The maximum Gasteiger partial charge on any atom is 0.359 e. The van der Waals surface area contributed by atoms with E-state index < -0.39 is 5.97 Å². The van der Waals surface area contributed by atoms with Crippen LogP contribution in [0.3, 0.4) is 0 Å². The lowest BCUT2D eigenvalue weighted by molar-refractivity contribution is -0.131. The summed E-state index contributed by atoms with van der Waals surface area (Å²) in [6, 6.07) is 15.5. The summed E-state index contributed by atoms with van der Waals surface area (Å²) in [5.41, 5.74) is 3.48. The zero-order valence-corrected chi connectivity index (χ0v) is 16.7. The van der Waals surface area contributed by atoms with E-state index in [0.29, 0.717) is 13.0 Å². The largest absolute Gasteiger partial charge is 0.461 e. The minimum atomic E-state index is -0.490. The summed E-state index contributed by atoms with van der Waals surface area (Å²) in [6.45, 7) is 2.81. The Morgan fingerprint density at radius 3 is 2.53 bits per heavy atom. The van der Waals surface area contributed by atoms with E-state index in [0.717, 1.165) is 22.5 Å². The maximum atomic E-state index is 13.1. The number of ether oxygens (including phenoxy) is 1. The van der Waals surface area contributed by atoms with Crippen molar-refractivity contribution in [3.63, 3.8) is 0 Å². The van der Waals surface area contributed by atoms with Gasteiger partial charge in [-0.3, -0.25) is 4.79 Å². The summed E-state index contributed by atoms with van der Waals surface area (Å²) in [5.74, 6) is -0.896. The molecule has 3 aromatic rings. The van der Waals surface area contributed by atoms with Gasteiger partial charge in [0.2, 0.25) is 5.91 Å². The number of carbonyl (C=O) groups is 2. The fourth-order valence-corrected chi connectivity index (χ4v) is 3.67. The Kier molecular flexibility index (Phi) is 5.61. The van der Waals surface area contributed by atoms with Crippen LogP contribution in [0.1, 0.15) is 34.2 Å². The second-order valence-corrected chi connectivity index (χ2v) is 7.11. The predicted octanol–water partition coefficient (Wildman–Crippen LogP) is 3.32. The van der Waals surface area contributed by atoms with Crippen LogP contribution in [0.2, 0.25) is 0 Å². The molecular formula is C23H22FN3O3. The summed E-state index contributed by atoms with van der Waals surface area (Å²) in [5, 5.41) is 4.53. The third-order valence-electron chi connectivity index (χ3n) is 5.15. The average Bonchev–Trinajstić information content (AvgIpc) is 3.15. The highest BCUT2D eigenvalue weighted by Gasteiger charge is 2.31. The topological polar surface area (TPSA) is 64.4 Å². The highest BCUT2D eigenvalue weighted by Crippen LogP contribution is 2.26. The van der Waals surface area contributed by atoms with Crippen molar-refractivity contribution in [2.45, 2.75) is 26.3 Å². The van der Waals surface area contributed by atoms with Crippen molar-refractivity contribution >= 4 is 11.9 Å². The van der Waals surface area contributed by atoms with Gasteiger partial charge >= 0.3 is 5.97 Å². The number of para-hydroxylation sites is 1. The van der Waals surface area contributed by atoms with Crippen molar-refractivity contribution in [1.82, 2.24) is 14.7 Å². The van der Waals surface area contributed by atoms with Gasteiger partial charge in [-0.2, -0.15) is 5.10 Å². The highest BCUT2D eigenvalue weighted by molar-refractivity contribution is 5.90. The molecular weight excluding hydrogens is 385 g/mol. The molecule has 0 bridgehead atoms. The fraction of sp³-hybridized carbons (Fsp3) is 0.261. The number of nitrogens with zero attached hydrogens (tertiary/aromatic N) is 3. The highest BCUT2D eigenvalue weighted by atomic mass is 19.1.